The Labute approximate surface area is 80.9 Å². The molecule has 1 saturated carbocycles. The van der Waals surface area contributed by atoms with Gasteiger partial charge in [-0.05, 0) is 32.4 Å². The van der Waals surface area contributed by atoms with Gasteiger partial charge in [-0.15, -0.1) is 0 Å². The van der Waals surface area contributed by atoms with Gasteiger partial charge in [0.1, 0.15) is 0 Å². The SMILES string of the molecule is CN1CCCC1C(CO)C1CCC1. The molecular formula is C11H21NO. The maximum Gasteiger partial charge on any atom is 0.0476 e. The van der Waals surface area contributed by atoms with E-state index in [-0.39, 0.29) is 0 Å². The summed E-state index contributed by atoms with van der Waals surface area (Å²) in [6.07, 6.45) is 6.73. The summed E-state index contributed by atoms with van der Waals surface area (Å²) >= 11 is 0. The van der Waals surface area contributed by atoms with Crippen LogP contribution in [0.15, 0.2) is 0 Å². The van der Waals surface area contributed by atoms with Gasteiger partial charge in [0.15, 0.2) is 0 Å². The van der Waals surface area contributed by atoms with Gasteiger partial charge in [0.25, 0.3) is 0 Å². The lowest BCUT2D eigenvalue weighted by Gasteiger charge is -2.38. The molecule has 0 radical (unpaired) electrons. The highest BCUT2D eigenvalue weighted by Crippen LogP contribution is 2.38. The molecule has 0 spiro atoms. The van der Waals surface area contributed by atoms with Crippen LogP contribution >= 0.6 is 0 Å². The van der Waals surface area contributed by atoms with Crippen LogP contribution in [0.1, 0.15) is 32.1 Å². The number of likely N-dealkylation sites (tertiary alicyclic amines) is 1. The summed E-state index contributed by atoms with van der Waals surface area (Å²) in [6, 6.07) is 0.676. The summed E-state index contributed by atoms with van der Waals surface area (Å²) in [4.78, 5) is 2.44. The minimum atomic E-state index is 0.402. The third kappa shape index (κ3) is 1.75. The molecule has 2 rings (SSSR count). The van der Waals surface area contributed by atoms with Crippen molar-refractivity contribution in [1.29, 1.82) is 0 Å². The second-order valence-electron chi connectivity index (χ2n) is 4.73. The van der Waals surface area contributed by atoms with Crippen molar-refractivity contribution >= 4 is 0 Å². The molecule has 2 unspecified atom stereocenters. The van der Waals surface area contributed by atoms with Crippen molar-refractivity contribution in [2.45, 2.75) is 38.1 Å². The summed E-state index contributed by atoms with van der Waals surface area (Å²) < 4.78 is 0. The predicted molar refractivity (Wildman–Crippen MR) is 53.6 cm³/mol. The molecule has 76 valence electrons. The van der Waals surface area contributed by atoms with Gasteiger partial charge in [-0.2, -0.15) is 0 Å². The Balaban J connectivity index is 1.94. The molecule has 1 N–H and O–H groups in total. The number of aliphatic hydroxyl groups excluding tert-OH is 1. The lowest BCUT2D eigenvalue weighted by molar-refractivity contribution is 0.0616. The van der Waals surface area contributed by atoms with Crippen LogP contribution in [0.5, 0.6) is 0 Å². The highest BCUT2D eigenvalue weighted by Gasteiger charge is 2.36. The van der Waals surface area contributed by atoms with Gasteiger partial charge in [0, 0.05) is 18.6 Å². The van der Waals surface area contributed by atoms with Crippen molar-refractivity contribution in [3.05, 3.63) is 0 Å². The quantitative estimate of drug-likeness (QED) is 0.716. The topological polar surface area (TPSA) is 23.5 Å². The van der Waals surface area contributed by atoms with Crippen molar-refractivity contribution in [3.8, 4) is 0 Å². The van der Waals surface area contributed by atoms with E-state index in [9.17, 15) is 5.11 Å². The van der Waals surface area contributed by atoms with E-state index in [4.69, 9.17) is 0 Å². The van der Waals surface area contributed by atoms with Gasteiger partial charge >= 0.3 is 0 Å². The summed E-state index contributed by atoms with van der Waals surface area (Å²) in [6.45, 7) is 1.63. The Morgan fingerprint density at radius 3 is 2.46 bits per heavy atom. The molecule has 1 aliphatic carbocycles. The molecule has 1 aliphatic heterocycles. The van der Waals surface area contributed by atoms with Crippen molar-refractivity contribution in [2.24, 2.45) is 11.8 Å². The Morgan fingerprint density at radius 2 is 2.08 bits per heavy atom. The van der Waals surface area contributed by atoms with Crippen LogP contribution in [-0.4, -0.2) is 36.2 Å². The number of hydrogen-bond acceptors (Lipinski definition) is 2. The molecule has 2 nitrogen and oxygen atoms in total. The van der Waals surface area contributed by atoms with E-state index < -0.39 is 0 Å². The van der Waals surface area contributed by atoms with Crippen LogP contribution in [0.25, 0.3) is 0 Å². The summed E-state index contributed by atoms with van der Waals surface area (Å²) in [5, 5.41) is 9.41. The lowest BCUT2D eigenvalue weighted by Crippen LogP contribution is -2.40. The van der Waals surface area contributed by atoms with Crippen molar-refractivity contribution in [1.82, 2.24) is 4.90 Å². The van der Waals surface area contributed by atoms with Crippen molar-refractivity contribution in [2.75, 3.05) is 20.2 Å². The first-order valence-corrected chi connectivity index (χ1v) is 5.64. The summed E-state index contributed by atoms with van der Waals surface area (Å²) in [7, 11) is 2.21. The highest BCUT2D eigenvalue weighted by molar-refractivity contribution is 4.89. The first kappa shape index (κ1) is 9.47. The fourth-order valence-corrected chi connectivity index (χ4v) is 2.93. The number of aliphatic hydroxyl groups is 1. The van der Waals surface area contributed by atoms with E-state index in [1.54, 1.807) is 0 Å². The molecule has 0 aromatic rings. The maximum atomic E-state index is 9.41. The number of hydrogen-bond donors (Lipinski definition) is 1. The van der Waals surface area contributed by atoms with Crippen LogP contribution in [0, 0.1) is 11.8 Å². The monoisotopic (exact) mass is 183 g/mol. The maximum absolute atomic E-state index is 9.41. The predicted octanol–water partition coefficient (Wildman–Crippen LogP) is 1.49. The normalized spacial score (nSPS) is 33.2. The Bertz CT molecular complexity index is 167. The zero-order valence-electron chi connectivity index (χ0n) is 8.58. The van der Waals surface area contributed by atoms with Gasteiger partial charge in [-0.25, -0.2) is 0 Å². The number of rotatable bonds is 3. The van der Waals surface area contributed by atoms with Crippen LogP contribution in [0.3, 0.4) is 0 Å². The summed E-state index contributed by atoms with van der Waals surface area (Å²) in [5.41, 5.74) is 0. The van der Waals surface area contributed by atoms with Gasteiger partial charge in [-0.1, -0.05) is 19.3 Å². The van der Waals surface area contributed by atoms with Crippen molar-refractivity contribution in [3.63, 3.8) is 0 Å². The molecule has 1 heterocycles. The van der Waals surface area contributed by atoms with Crippen molar-refractivity contribution < 1.29 is 5.11 Å². The molecule has 2 aliphatic rings. The van der Waals surface area contributed by atoms with E-state index in [2.05, 4.69) is 11.9 Å². The lowest BCUT2D eigenvalue weighted by atomic mass is 9.72. The van der Waals surface area contributed by atoms with E-state index in [0.29, 0.717) is 18.6 Å². The molecule has 2 fully saturated rings. The van der Waals surface area contributed by atoms with Crippen LogP contribution < -0.4 is 0 Å². The smallest absolute Gasteiger partial charge is 0.0476 e. The Morgan fingerprint density at radius 1 is 1.31 bits per heavy atom. The Kier molecular flexibility index (Phi) is 2.89. The first-order chi connectivity index (χ1) is 6.33. The Hall–Kier alpha value is -0.0800. The second-order valence-corrected chi connectivity index (χ2v) is 4.73. The fraction of sp³-hybridized carbons (Fsp3) is 1.00. The highest BCUT2D eigenvalue weighted by atomic mass is 16.3. The summed E-state index contributed by atoms with van der Waals surface area (Å²) in [5.74, 6) is 1.40. The molecule has 2 heteroatoms. The van der Waals surface area contributed by atoms with E-state index >= 15 is 0 Å². The largest absolute Gasteiger partial charge is 0.396 e. The van der Waals surface area contributed by atoms with Crippen LogP contribution in [-0.2, 0) is 0 Å². The average molecular weight is 183 g/mol. The average Bonchev–Trinajstić information content (AvgIpc) is 2.43. The minimum absolute atomic E-state index is 0.402. The van der Waals surface area contributed by atoms with Gasteiger partial charge in [0.2, 0.25) is 0 Å². The fourth-order valence-electron chi connectivity index (χ4n) is 2.93. The standard InChI is InChI=1S/C11H21NO/c1-12-7-3-6-11(12)10(8-13)9-4-2-5-9/h9-11,13H,2-8H2,1H3. The van der Waals surface area contributed by atoms with Crippen LogP contribution in [0.4, 0.5) is 0 Å². The third-order valence-corrected chi connectivity index (χ3v) is 4.04. The van der Waals surface area contributed by atoms with Crippen LogP contribution in [0.2, 0.25) is 0 Å². The molecule has 0 aromatic heterocycles. The third-order valence-electron chi connectivity index (χ3n) is 4.04. The van der Waals surface area contributed by atoms with E-state index in [0.717, 1.165) is 5.92 Å². The zero-order valence-corrected chi connectivity index (χ0v) is 8.58. The first-order valence-electron chi connectivity index (χ1n) is 5.64. The molecule has 0 bridgehead atoms. The molecular weight excluding hydrogens is 162 g/mol. The van der Waals surface area contributed by atoms with Gasteiger partial charge < -0.3 is 10.0 Å². The van der Waals surface area contributed by atoms with E-state index in [1.807, 2.05) is 0 Å². The van der Waals surface area contributed by atoms with Gasteiger partial charge in [-0.3, -0.25) is 0 Å². The molecule has 2 atom stereocenters. The molecule has 0 amide bonds. The zero-order chi connectivity index (χ0) is 9.26. The molecule has 1 saturated heterocycles. The van der Waals surface area contributed by atoms with E-state index in [1.165, 1.54) is 38.6 Å². The second kappa shape index (κ2) is 3.97. The number of nitrogens with zero attached hydrogens (tertiary/aromatic N) is 1. The molecule has 0 aromatic carbocycles. The van der Waals surface area contributed by atoms with Gasteiger partial charge in [0.05, 0.1) is 0 Å². The molecule has 13 heavy (non-hydrogen) atoms. The minimum Gasteiger partial charge on any atom is -0.396 e.